The van der Waals surface area contributed by atoms with E-state index in [1.165, 1.54) is 59.0 Å². The molecule has 3 nitrogen and oxygen atoms in total. The monoisotopic (exact) mass is 381 g/mol. The van der Waals surface area contributed by atoms with E-state index in [0.717, 1.165) is 25.7 Å². The number of piperazine rings is 1. The smallest absolute Gasteiger partial charge is 0.0371 e. The molecule has 4 heteroatoms. The summed E-state index contributed by atoms with van der Waals surface area (Å²) in [6.45, 7) is 7.78. The van der Waals surface area contributed by atoms with Crippen LogP contribution in [0.2, 0.25) is 0 Å². The largest absolute Gasteiger partial charge is 0.369 e. The number of benzene rings is 2. The Labute approximate surface area is 168 Å². The molecule has 1 N–H and O–H groups in total. The van der Waals surface area contributed by atoms with E-state index in [1.54, 1.807) is 0 Å². The van der Waals surface area contributed by atoms with E-state index < -0.39 is 0 Å². The minimum absolute atomic E-state index is 0.875. The Morgan fingerprint density at radius 1 is 1.00 bits per heavy atom. The molecule has 1 saturated carbocycles. The minimum Gasteiger partial charge on any atom is -0.369 e. The molecule has 0 radical (unpaired) electrons. The lowest BCUT2D eigenvalue weighted by Crippen LogP contribution is -2.52. The number of hydrogen-bond donors (Lipinski definition) is 1. The number of nitrogens with zero attached hydrogens (tertiary/aromatic N) is 2. The minimum atomic E-state index is 0.875. The lowest BCUT2D eigenvalue weighted by molar-refractivity contribution is 0.120. The summed E-state index contributed by atoms with van der Waals surface area (Å²) in [5, 5.41) is 3.35. The lowest BCUT2D eigenvalue weighted by atomic mass is 9.91. The maximum absolute atomic E-state index is 3.35. The summed E-state index contributed by atoms with van der Waals surface area (Å²) >= 11 is 1.87. The van der Waals surface area contributed by atoms with Crippen LogP contribution >= 0.6 is 11.8 Å². The Morgan fingerprint density at radius 2 is 1.74 bits per heavy atom. The van der Waals surface area contributed by atoms with Crippen LogP contribution in [-0.4, -0.2) is 44.2 Å². The third-order valence-corrected chi connectivity index (χ3v) is 7.06. The van der Waals surface area contributed by atoms with Crippen molar-refractivity contribution in [2.24, 2.45) is 0 Å². The van der Waals surface area contributed by atoms with Crippen LogP contribution in [0.3, 0.4) is 0 Å². The summed E-state index contributed by atoms with van der Waals surface area (Å²) in [7, 11) is 2.03. The average Bonchev–Trinajstić information content (AvgIpc) is 2.64. The molecule has 2 fully saturated rings. The van der Waals surface area contributed by atoms with Gasteiger partial charge in [0.15, 0.2) is 0 Å². The second-order valence-corrected chi connectivity index (χ2v) is 8.96. The molecule has 0 aromatic heterocycles. The predicted octanol–water partition coefficient (Wildman–Crippen LogP) is 4.54. The zero-order chi connectivity index (χ0) is 18.6. The van der Waals surface area contributed by atoms with Gasteiger partial charge >= 0.3 is 0 Å². The molecule has 0 bridgehead atoms. The molecule has 2 aliphatic rings. The fourth-order valence-corrected chi connectivity index (χ4v) is 4.95. The van der Waals surface area contributed by atoms with Gasteiger partial charge in [0.05, 0.1) is 0 Å². The van der Waals surface area contributed by atoms with Gasteiger partial charge in [-0.3, -0.25) is 4.90 Å². The van der Waals surface area contributed by atoms with E-state index in [9.17, 15) is 0 Å². The Bertz CT molecular complexity index is 747. The van der Waals surface area contributed by atoms with Crippen LogP contribution in [0.1, 0.15) is 30.4 Å². The van der Waals surface area contributed by atoms with Crippen molar-refractivity contribution in [3.05, 3.63) is 53.6 Å². The Balaban J connectivity index is 1.46. The first kappa shape index (κ1) is 18.9. The van der Waals surface area contributed by atoms with Gasteiger partial charge in [-0.2, -0.15) is 0 Å². The quantitative estimate of drug-likeness (QED) is 0.791. The van der Waals surface area contributed by atoms with Crippen molar-refractivity contribution in [1.29, 1.82) is 0 Å². The van der Waals surface area contributed by atoms with Crippen LogP contribution in [0, 0.1) is 6.92 Å². The van der Waals surface area contributed by atoms with Crippen molar-refractivity contribution in [1.82, 2.24) is 10.2 Å². The van der Waals surface area contributed by atoms with E-state index >= 15 is 0 Å². The molecule has 2 aromatic carbocycles. The molecule has 144 valence electrons. The van der Waals surface area contributed by atoms with Crippen molar-refractivity contribution < 1.29 is 0 Å². The highest BCUT2D eigenvalue weighted by atomic mass is 32.2. The van der Waals surface area contributed by atoms with Gasteiger partial charge in [-0.1, -0.05) is 35.9 Å². The molecule has 0 atom stereocenters. The number of anilines is 1. The van der Waals surface area contributed by atoms with Crippen molar-refractivity contribution in [3.63, 3.8) is 0 Å². The summed E-state index contributed by atoms with van der Waals surface area (Å²) in [4.78, 5) is 7.93. The van der Waals surface area contributed by atoms with Gasteiger partial charge in [0, 0.05) is 54.2 Å². The first-order valence-electron chi connectivity index (χ1n) is 10.2. The molecule has 1 saturated heterocycles. The summed E-state index contributed by atoms with van der Waals surface area (Å²) in [6.07, 6.45) is 4.26. The van der Waals surface area contributed by atoms with Crippen LogP contribution in [-0.2, 0) is 6.54 Å². The molecule has 1 aliphatic heterocycles. The van der Waals surface area contributed by atoms with E-state index in [2.05, 4.69) is 64.5 Å². The summed E-state index contributed by atoms with van der Waals surface area (Å²) in [5.41, 5.74) is 4.08. The molecule has 1 heterocycles. The maximum Gasteiger partial charge on any atom is 0.0371 e. The van der Waals surface area contributed by atoms with Crippen molar-refractivity contribution >= 4 is 17.4 Å². The maximum atomic E-state index is 3.35. The molecule has 27 heavy (non-hydrogen) atoms. The molecule has 1 aliphatic carbocycles. The molecule has 4 rings (SSSR count). The highest BCUT2D eigenvalue weighted by Crippen LogP contribution is 2.34. The second-order valence-electron chi connectivity index (χ2n) is 7.85. The Kier molecular flexibility index (Phi) is 6.06. The van der Waals surface area contributed by atoms with Crippen LogP contribution in [0.5, 0.6) is 0 Å². The van der Waals surface area contributed by atoms with Crippen LogP contribution in [0.4, 0.5) is 5.69 Å². The van der Waals surface area contributed by atoms with Gasteiger partial charge in [-0.25, -0.2) is 0 Å². The summed E-state index contributed by atoms with van der Waals surface area (Å²) < 4.78 is 0. The Morgan fingerprint density at radius 3 is 2.37 bits per heavy atom. The zero-order valence-corrected chi connectivity index (χ0v) is 17.4. The molecule has 0 amide bonds. The number of hydrogen-bond acceptors (Lipinski definition) is 4. The van der Waals surface area contributed by atoms with Gasteiger partial charge in [-0.05, 0) is 62.7 Å². The predicted molar refractivity (Wildman–Crippen MR) is 116 cm³/mol. The molecule has 2 aromatic rings. The van der Waals surface area contributed by atoms with E-state index in [0.29, 0.717) is 0 Å². The number of rotatable bonds is 6. The summed E-state index contributed by atoms with van der Waals surface area (Å²) in [5.74, 6) is 0. The van der Waals surface area contributed by atoms with Crippen molar-refractivity contribution in [2.75, 3.05) is 38.1 Å². The number of aryl methyl sites for hydroxylation is 1. The van der Waals surface area contributed by atoms with Crippen LogP contribution in [0.15, 0.2) is 52.3 Å². The fourth-order valence-electron chi connectivity index (χ4n) is 4.02. The fraction of sp³-hybridized carbons (Fsp3) is 0.478. The number of nitrogens with one attached hydrogen (secondary N) is 1. The molecule has 0 spiro atoms. The first-order chi connectivity index (χ1) is 13.2. The van der Waals surface area contributed by atoms with Gasteiger partial charge in [0.25, 0.3) is 0 Å². The van der Waals surface area contributed by atoms with Crippen molar-refractivity contribution in [2.45, 2.75) is 48.6 Å². The topological polar surface area (TPSA) is 18.5 Å². The highest BCUT2D eigenvalue weighted by Gasteiger charge is 2.28. The molecular formula is C23H31N3S. The Hall–Kier alpha value is -1.49. The van der Waals surface area contributed by atoms with E-state index in [1.807, 2.05) is 18.8 Å². The van der Waals surface area contributed by atoms with Gasteiger partial charge < -0.3 is 10.2 Å². The molecular weight excluding hydrogens is 350 g/mol. The third-order valence-electron chi connectivity index (χ3n) is 5.93. The normalized spacial score (nSPS) is 18.5. The lowest BCUT2D eigenvalue weighted by Gasteiger charge is -2.43. The standard InChI is InChI=1S/C23H31N3S/c1-18-6-9-22(10-7-18)27-23-11-8-21(16-19(23)17-24-2)26-14-12-25(13-15-26)20-4-3-5-20/h6-11,16,20,24H,3-5,12-15,17H2,1-2H3. The van der Waals surface area contributed by atoms with Gasteiger partial charge in [-0.15, -0.1) is 0 Å². The molecule has 0 unspecified atom stereocenters. The van der Waals surface area contributed by atoms with Crippen LogP contribution < -0.4 is 10.2 Å². The van der Waals surface area contributed by atoms with Gasteiger partial charge in [0.1, 0.15) is 0 Å². The van der Waals surface area contributed by atoms with Gasteiger partial charge in [0.2, 0.25) is 0 Å². The first-order valence-corrected chi connectivity index (χ1v) is 11.1. The average molecular weight is 382 g/mol. The van der Waals surface area contributed by atoms with E-state index in [-0.39, 0.29) is 0 Å². The zero-order valence-electron chi connectivity index (χ0n) is 16.6. The van der Waals surface area contributed by atoms with Crippen molar-refractivity contribution in [3.8, 4) is 0 Å². The summed E-state index contributed by atoms with van der Waals surface area (Å²) in [6, 6.07) is 16.7. The highest BCUT2D eigenvalue weighted by molar-refractivity contribution is 7.99. The van der Waals surface area contributed by atoms with Crippen LogP contribution in [0.25, 0.3) is 0 Å². The second kappa shape index (κ2) is 8.68. The van der Waals surface area contributed by atoms with E-state index in [4.69, 9.17) is 0 Å². The third kappa shape index (κ3) is 4.50. The SMILES string of the molecule is CNCc1cc(N2CCN(C3CCC3)CC2)ccc1Sc1ccc(C)cc1.